The Morgan fingerprint density at radius 2 is 1.71 bits per heavy atom. The van der Waals surface area contributed by atoms with Crippen molar-refractivity contribution in [2.45, 2.75) is 19.6 Å². The molecule has 0 fully saturated rings. The number of para-hydroxylation sites is 1. The van der Waals surface area contributed by atoms with Crippen LogP contribution in [0.15, 0.2) is 48.5 Å². The summed E-state index contributed by atoms with van der Waals surface area (Å²) in [5.41, 5.74) is 1.56. The number of ether oxygens (including phenoxy) is 1. The van der Waals surface area contributed by atoms with Gasteiger partial charge in [0.25, 0.3) is 0 Å². The summed E-state index contributed by atoms with van der Waals surface area (Å²) in [5, 5.41) is 12.0. The summed E-state index contributed by atoms with van der Waals surface area (Å²) in [6, 6.07) is 14.3. The highest BCUT2D eigenvalue weighted by atomic mass is 19.1. The molecule has 0 atom stereocenters. The minimum absolute atomic E-state index is 0.179. The van der Waals surface area contributed by atoms with Crippen molar-refractivity contribution < 1.29 is 14.2 Å². The highest BCUT2D eigenvalue weighted by molar-refractivity contribution is 5.33. The van der Waals surface area contributed by atoms with Gasteiger partial charge in [-0.05, 0) is 25.1 Å². The number of hydrogen-bond acceptors (Lipinski definition) is 3. The van der Waals surface area contributed by atoms with Crippen molar-refractivity contribution in [1.82, 2.24) is 5.32 Å². The zero-order valence-corrected chi connectivity index (χ0v) is 11.9. The van der Waals surface area contributed by atoms with Crippen LogP contribution < -0.4 is 10.1 Å². The Hall–Kier alpha value is -1.91. The normalized spacial score (nSPS) is 10.6. The number of halogens is 1. The molecule has 21 heavy (non-hydrogen) atoms. The van der Waals surface area contributed by atoms with E-state index in [1.54, 1.807) is 18.2 Å². The van der Waals surface area contributed by atoms with Crippen molar-refractivity contribution in [1.29, 1.82) is 0 Å². The summed E-state index contributed by atoms with van der Waals surface area (Å²) in [6.07, 6.45) is 0.720. The molecule has 2 N–H and O–H groups in total. The Bertz CT molecular complexity index is 560. The van der Waals surface area contributed by atoms with Crippen LogP contribution in [0, 0.1) is 5.82 Å². The van der Waals surface area contributed by atoms with Gasteiger partial charge in [-0.2, -0.15) is 0 Å². The van der Waals surface area contributed by atoms with Gasteiger partial charge in [0.1, 0.15) is 18.2 Å². The first-order valence-corrected chi connectivity index (χ1v) is 7.07. The van der Waals surface area contributed by atoms with Gasteiger partial charge in [0, 0.05) is 24.3 Å². The van der Waals surface area contributed by atoms with Crippen molar-refractivity contribution >= 4 is 0 Å². The SMILES string of the molecule is OCCCNCc1ccccc1OCc1ccccc1F. The second kappa shape index (κ2) is 8.39. The topological polar surface area (TPSA) is 41.5 Å². The van der Waals surface area contributed by atoms with Gasteiger partial charge in [0.05, 0.1) is 0 Å². The number of benzene rings is 2. The third-order valence-corrected chi connectivity index (χ3v) is 3.14. The van der Waals surface area contributed by atoms with Crippen molar-refractivity contribution in [3.8, 4) is 5.75 Å². The molecule has 0 unspecified atom stereocenters. The molecule has 3 nitrogen and oxygen atoms in total. The predicted octanol–water partition coefficient (Wildman–Crippen LogP) is 2.88. The predicted molar refractivity (Wildman–Crippen MR) is 80.6 cm³/mol. The van der Waals surface area contributed by atoms with E-state index in [0.29, 0.717) is 12.1 Å². The van der Waals surface area contributed by atoms with Crippen molar-refractivity contribution in [3.05, 3.63) is 65.5 Å². The number of rotatable bonds is 8. The molecule has 0 aliphatic rings. The molecule has 2 aromatic carbocycles. The lowest BCUT2D eigenvalue weighted by atomic mass is 10.2. The lowest BCUT2D eigenvalue weighted by molar-refractivity contribution is 0.284. The molecule has 0 aliphatic carbocycles. The molecule has 4 heteroatoms. The standard InChI is InChI=1S/C17H20FNO2/c18-16-8-3-1-7-15(16)13-21-17-9-4-2-6-14(17)12-19-10-5-11-20/h1-4,6-9,19-20H,5,10-13H2. The molecule has 0 saturated heterocycles. The zero-order valence-electron chi connectivity index (χ0n) is 11.9. The average molecular weight is 289 g/mol. The van der Waals surface area contributed by atoms with Crippen molar-refractivity contribution in [3.63, 3.8) is 0 Å². The lowest BCUT2D eigenvalue weighted by Crippen LogP contribution is -2.16. The third kappa shape index (κ3) is 4.85. The van der Waals surface area contributed by atoms with E-state index in [0.717, 1.165) is 24.3 Å². The monoisotopic (exact) mass is 289 g/mol. The zero-order chi connectivity index (χ0) is 14.9. The molecule has 2 aromatic rings. The van der Waals surface area contributed by atoms with Gasteiger partial charge >= 0.3 is 0 Å². The van der Waals surface area contributed by atoms with Crippen LogP contribution in [0.2, 0.25) is 0 Å². The largest absolute Gasteiger partial charge is 0.488 e. The highest BCUT2D eigenvalue weighted by Gasteiger charge is 2.05. The Labute approximate surface area is 124 Å². The molecular formula is C17H20FNO2. The second-order valence-corrected chi connectivity index (χ2v) is 4.74. The van der Waals surface area contributed by atoms with E-state index in [4.69, 9.17) is 9.84 Å². The quantitative estimate of drug-likeness (QED) is 0.734. The highest BCUT2D eigenvalue weighted by Crippen LogP contribution is 2.20. The summed E-state index contributed by atoms with van der Waals surface area (Å²) in [5.74, 6) is 0.494. The van der Waals surface area contributed by atoms with Gasteiger partial charge in [-0.25, -0.2) is 4.39 Å². The van der Waals surface area contributed by atoms with E-state index in [1.807, 2.05) is 24.3 Å². The van der Waals surface area contributed by atoms with Gasteiger partial charge in [-0.3, -0.25) is 0 Å². The molecule has 0 aromatic heterocycles. The minimum Gasteiger partial charge on any atom is -0.488 e. The maximum Gasteiger partial charge on any atom is 0.129 e. The number of nitrogens with one attached hydrogen (secondary N) is 1. The maximum absolute atomic E-state index is 13.6. The Morgan fingerprint density at radius 1 is 1.00 bits per heavy atom. The molecule has 0 aliphatic heterocycles. The summed E-state index contributed by atoms with van der Waals surface area (Å²) < 4.78 is 19.3. The average Bonchev–Trinajstić information content (AvgIpc) is 2.52. The minimum atomic E-state index is -0.254. The fourth-order valence-electron chi connectivity index (χ4n) is 1.99. The molecule has 0 bridgehead atoms. The Balaban J connectivity index is 1.95. The lowest BCUT2D eigenvalue weighted by Gasteiger charge is -2.12. The van der Waals surface area contributed by atoms with Crippen LogP contribution in [0.25, 0.3) is 0 Å². The number of aliphatic hydroxyl groups excluding tert-OH is 1. The Morgan fingerprint density at radius 3 is 2.48 bits per heavy atom. The second-order valence-electron chi connectivity index (χ2n) is 4.74. The molecule has 112 valence electrons. The van der Waals surface area contributed by atoms with Crippen LogP contribution in [0.3, 0.4) is 0 Å². The molecule has 0 radical (unpaired) electrons. The van der Waals surface area contributed by atoms with E-state index in [2.05, 4.69) is 5.32 Å². The van der Waals surface area contributed by atoms with Gasteiger partial charge < -0.3 is 15.2 Å². The number of hydrogen-bond donors (Lipinski definition) is 2. The van der Waals surface area contributed by atoms with Gasteiger partial charge in [0.2, 0.25) is 0 Å². The van der Waals surface area contributed by atoms with Gasteiger partial charge in [0.15, 0.2) is 0 Å². The van der Waals surface area contributed by atoms with Crippen molar-refractivity contribution in [2.24, 2.45) is 0 Å². The third-order valence-electron chi connectivity index (χ3n) is 3.14. The van der Waals surface area contributed by atoms with Crippen LogP contribution in [-0.4, -0.2) is 18.3 Å². The Kier molecular flexibility index (Phi) is 6.19. The van der Waals surface area contributed by atoms with E-state index >= 15 is 0 Å². The van der Waals surface area contributed by atoms with Crippen LogP contribution in [0.1, 0.15) is 17.5 Å². The van der Waals surface area contributed by atoms with E-state index < -0.39 is 0 Å². The van der Waals surface area contributed by atoms with E-state index in [9.17, 15) is 4.39 Å². The molecule has 0 amide bonds. The first-order chi connectivity index (χ1) is 10.3. The summed E-state index contributed by atoms with van der Waals surface area (Å²) in [4.78, 5) is 0. The fourth-order valence-corrected chi connectivity index (χ4v) is 1.99. The first-order valence-electron chi connectivity index (χ1n) is 7.07. The maximum atomic E-state index is 13.6. The fraction of sp³-hybridized carbons (Fsp3) is 0.294. The molecule has 0 saturated carbocycles. The number of aliphatic hydroxyl groups is 1. The van der Waals surface area contributed by atoms with Crippen LogP contribution in [-0.2, 0) is 13.2 Å². The van der Waals surface area contributed by atoms with Crippen LogP contribution in [0.4, 0.5) is 4.39 Å². The van der Waals surface area contributed by atoms with Gasteiger partial charge in [-0.15, -0.1) is 0 Å². The molecule has 0 spiro atoms. The smallest absolute Gasteiger partial charge is 0.129 e. The molecule has 0 heterocycles. The van der Waals surface area contributed by atoms with Crippen LogP contribution >= 0.6 is 0 Å². The summed E-state index contributed by atoms with van der Waals surface area (Å²) >= 11 is 0. The van der Waals surface area contributed by atoms with E-state index in [1.165, 1.54) is 6.07 Å². The molecule has 2 rings (SSSR count). The van der Waals surface area contributed by atoms with Crippen LogP contribution in [0.5, 0.6) is 5.75 Å². The molecular weight excluding hydrogens is 269 g/mol. The van der Waals surface area contributed by atoms with Gasteiger partial charge in [-0.1, -0.05) is 36.4 Å². The summed E-state index contributed by atoms with van der Waals surface area (Å²) in [7, 11) is 0. The first kappa shape index (κ1) is 15.5. The summed E-state index contributed by atoms with van der Waals surface area (Å²) in [6.45, 7) is 1.80. The van der Waals surface area contributed by atoms with E-state index in [-0.39, 0.29) is 19.0 Å². The van der Waals surface area contributed by atoms with Crippen molar-refractivity contribution in [2.75, 3.05) is 13.2 Å².